The van der Waals surface area contributed by atoms with Crippen LogP contribution in [0.5, 0.6) is 0 Å². The van der Waals surface area contributed by atoms with E-state index in [9.17, 15) is 8.42 Å². The van der Waals surface area contributed by atoms with E-state index in [0.29, 0.717) is 18.5 Å². The maximum atomic E-state index is 11.7. The maximum absolute atomic E-state index is 11.7. The minimum absolute atomic E-state index is 0. The highest BCUT2D eigenvalue weighted by molar-refractivity contribution is 14.0. The van der Waals surface area contributed by atoms with Gasteiger partial charge in [-0.15, -0.1) is 24.0 Å². The minimum atomic E-state index is -3.03. The largest absolute Gasteiger partial charge is 0.370 e. The summed E-state index contributed by atoms with van der Waals surface area (Å²) in [6, 6.07) is 0.509. The molecule has 2 fully saturated rings. The first-order valence-electron chi connectivity index (χ1n) is 6.08. The molecule has 0 amide bonds. The molecule has 2 aliphatic carbocycles. The van der Waals surface area contributed by atoms with Crippen molar-refractivity contribution in [2.75, 3.05) is 19.8 Å². The van der Waals surface area contributed by atoms with Crippen LogP contribution >= 0.6 is 24.0 Å². The van der Waals surface area contributed by atoms with Gasteiger partial charge in [-0.1, -0.05) is 6.42 Å². The van der Waals surface area contributed by atoms with Crippen molar-refractivity contribution < 1.29 is 8.42 Å². The fourth-order valence-corrected chi connectivity index (χ4v) is 3.53. The standard InChI is InChI=1S/C11H21N3O2S.HI/c1-14(9-4-5-9)10(12)13-8-11(6-3-7-11)17(2,15)16;/h9H,3-8H2,1-2H3,(H2,12,13);1H. The molecule has 0 bridgehead atoms. The Labute approximate surface area is 126 Å². The lowest BCUT2D eigenvalue weighted by Gasteiger charge is -2.38. The third-order valence-electron chi connectivity index (χ3n) is 4.04. The Balaban J connectivity index is 0.00000162. The summed E-state index contributed by atoms with van der Waals surface area (Å²) in [6.07, 6.45) is 6.03. The van der Waals surface area contributed by atoms with E-state index in [2.05, 4.69) is 4.99 Å². The Hall–Kier alpha value is -0.0500. The van der Waals surface area contributed by atoms with Crippen molar-refractivity contribution in [3.05, 3.63) is 0 Å². The predicted octanol–water partition coefficient (Wildman–Crippen LogP) is 0.981. The summed E-state index contributed by atoms with van der Waals surface area (Å²) < 4.78 is 22.8. The van der Waals surface area contributed by atoms with E-state index in [1.807, 2.05) is 11.9 Å². The van der Waals surface area contributed by atoms with Gasteiger partial charge in [0.25, 0.3) is 0 Å². The number of aliphatic imine (C=N–C) groups is 1. The van der Waals surface area contributed by atoms with Crippen molar-refractivity contribution in [3.8, 4) is 0 Å². The summed E-state index contributed by atoms with van der Waals surface area (Å²) in [5, 5.41) is 0. The van der Waals surface area contributed by atoms with Gasteiger partial charge in [-0.3, -0.25) is 4.99 Å². The second-order valence-corrected chi connectivity index (χ2v) is 7.74. The number of halogens is 1. The van der Waals surface area contributed by atoms with Crippen LogP contribution in [0, 0.1) is 0 Å². The summed E-state index contributed by atoms with van der Waals surface area (Å²) in [7, 11) is -1.11. The van der Waals surface area contributed by atoms with Crippen molar-refractivity contribution in [1.29, 1.82) is 0 Å². The van der Waals surface area contributed by atoms with Crippen LogP contribution in [0.1, 0.15) is 32.1 Å². The van der Waals surface area contributed by atoms with Gasteiger partial charge in [0.05, 0.1) is 11.3 Å². The van der Waals surface area contributed by atoms with Gasteiger partial charge in [0.1, 0.15) is 0 Å². The topological polar surface area (TPSA) is 75.8 Å². The molecule has 0 unspecified atom stereocenters. The Morgan fingerprint density at radius 3 is 2.33 bits per heavy atom. The molecule has 0 spiro atoms. The predicted molar refractivity (Wildman–Crippen MR) is 84.1 cm³/mol. The SMILES string of the molecule is CN(C(N)=NCC1(S(C)(=O)=O)CCC1)C1CC1.I. The van der Waals surface area contributed by atoms with Gasteiger partial charge in [0, 0.05) is 19.3 Å². The smallest absolute Gasteiger partial charge is 0.191 e. The molecule has 7 heteroatoms. The van der Waals surface area contributed by atoms with Crippen LogP contribution in [0.25, 0.3) is 0 Å². The number of nitrogens with zero attached hydrogens (tertiary/aromatic N) is 2. The van der Waals surface area contributed by atoms with E-state index < -0.39 is 14.6 Å². The molecule has 0 saturated heterocycles. The van der Waals surface area contributed by atoms with Crippen molar-refractivity contribution in [2.24, 2.45) is 10.7 Å². The quantitative estimate of drug-likeness (QED) is 0.443. The van der Waals surface area contributed by atoms with Gasteiger partial charge in [-0.2, -0.15) is 0 Å². The lowest BCUT2D eigenvalue weighted by Crippen LogP contribution is -2.48. The highest BCUT2D eigenvalue weighted by Gasteiger charge is 2.46. The van der Waals surface area contributed by atoms with E-state index in [4.69, 9.17) is 5.73 Å². The normalized spacial score (nSPS) is 22.9. The Morgan fingerprint density at radius 1 is 1.44 bits per heavy atom. The Bertz CT molecular complexity index is 428. The molecule has 2 saturated carbocycles. The van der Waals surface area contributed by atoms with Crippen molar-refractivity contribution in [1.82, 2.24) is 4.90 Å². The second kappa shape index (κ2) is 5.52. The zero-order valence-electron chi connectivity index (χ0n) is 10.9. The van der Waals surface area contributed by atoms with Crippen LogP contribution in [0.2, 0.25) is 0 Å². The molecule has 0 aliphatic heterocycles. The monoisotopic (exact) mass is 387 g/mol. The van der Waals surface area contributed by atoms with E-state index in [-0.39, 0.29) is 24.0 Å². The fraction of sp³-hybridized carbons (Fsp3) is 0.909. The van der Waals surface area contributed by atoms with Crippen LogP contribution in [-0.2, 0) is 9.84 Å². The number of nitrogens with two attached hydrogens (primary N) is 1. The van der Waals surface area contributed by atoms with E-state index >= 15 is 0 Å². The summed E-state index contributed by atoms with van der Waals surface area (Å²) in [5.41, 5.74) is 5.87. The Morgan fingerprint density at radius 2 is 2.00 bits per heavy atom. The van der Waals surface area contributed by atoms with Crippen molar-refractivity contribution >= 4 is 39.8 Å². The van der Waals surface area contributed by atoms with E-state index in [0.717, 1.165) is 32.1 Å². The number of hydrogen-bond donors (Lipinski definition) is 1. The van der Waals surface area contributed by atoms with Gasteiger partial charge in [-0.05, 0) is 25.7 Å². The molecule has 2 aliphatic rings. The van der Waals surface area contributed by atoms with Gasteiger partial charge in [0.2, 0.25) is 0 Å². The number of rotatable bonds is 4. The first-order chi connectivity index (χ1) is 7.86. The van der Waals surface area contributed by atoms with Crippen LogP contribution in [0.15, 0.2) is 4.99 Å². The van der Waals surface area contributed by atoms with Gasteiger partial charge in [-0.25, -0.2) is 8.42 Å². The molecular formula is C11H22IN3O2S. The maximum Gasteiger partial charge on any atom is 0.191 e. The van der Waals surface area contributed by atoms with Gasteiger partial charge >= 0.3 is 0 Å². The highest BCUT2D eigenvalue weighted by Crippen LogP contribution is 2.39. The zero-order valence-corrected chi connectivity index (χ0v) is 14.1. The molecule has 106 valence electrons. The van der Waals surface area contributed by atoms with Crippen LogP contribution in [-0.4, -0.2) is 49.9 Å². The number of sulfone groups is 1. The number of hydrogen-bond acceptors (Lipinski definition) is 3. The first kappa shape index (κ1) is 16.0. The summed E-state index contributed by atoms with van der Waals surface area (Å²) in [6.45, 7) is 0.314. The molecule has 0 aromatic carbocycles. The van der Waals surface area contributed by atoms with E-state index in [1.165, 1.54) is 6.26 Å². The third-order valence-corrected chi connectivity index (χ3v) is 6.15. The molecule has 0 aromatic rings. The molecule has 18 heavy (non-hydrogen) atoms. The molecule has 0 heterocycles. The van der Waals surface area contributed by atoms with E-state index in [1.54, 1.807) is 0 Å². The lowest BCUT2D eigenvalue weighted by molar-refractivity contribution is 0.344. The van der Waals surface area contributed by atoms with Crippen molar-refractivity contribution in [2.45, 2.75) is 42.9 Å². The Kier molecular flexibility index (Phi) is 4.91. The fourth-order valence-electron chi connectivity index (χ4n) is 2.20. The highest BCUT2D eigenvalue weighted by atomic mass is 127. The molecule has 0 atom stereocenters. The zero-order chi connectivity index (χ0) is 12.7. The summed E-state index contributed by atoms with van der Waals surface area (Å²) in [4.78, 5) is 6.24. The number of guanidine groups is 1. The van der Waals surface area contributed by atoms with Crippen molar-refractivity contribution in [3.63, 3.8) is 0 Å². The molecular weight excluding hydrogens is 365 g/mol. The summed E-state index contributed by atoms with van der Waals surface area (Å²) >= 11 is 0. The third kappa shape index (κ3) is 3.09. The molecule has 5 nitrogen and oxygen atoms in total. The average molecular weight is 387 g/mol. The van der Waals surface area contributed by atoms with Crippen LogP contribution in [0.4, 0.5) is 0 Å². The lowest BCUT2D eigenvalue weighted by atomic mass is 9.84. The molecule has 0 radical (unpaired) electrons. The van der Waals surface area contributed by atoms with Crippen LogP contribution < -0.4 is 5.73 Å². The summed E-state index contributed by atoms with van der Waals surface area (Å²) in [5.74, 6) is 0.474. The first-order valence-corrected chi connectivity index (χ1v) is 7.97. The molecule has 2 rings (SSSR count). The minimum Gasteiger partial charge on any atom is -0.370 e. The molecule has 2 N–H and O–H groups in total. The van der Waals surface area contributed by atoms with Crippen LogP contribution in [0.3, 0.4) is 0 Å². The van der Waals surface area contributed by atoms with Gasteiger partial charge in [0.15, 0.2) is 15.8 Å². The molecule has 0 aromatic heterocycles. The van der Waals surface area contributed by atoms with Gasteiger partial charge < -0.3 is 10.6 Å². The second-order valence-electron chi connectivity index (χ2n) is 5.33. The average Bonchev–Trinajstić information content (AvgIpc) is 2.95.